The van der Waals surface area contributed by atoms with Gasteiger partial charge in [0.15, 0.2) is 0 Å². The van der Waals surface area contributed by atoms with Crippen LogP contribution in [0.2, 0.25) is 0 Å². The Kier molecular flexibility index (Phi) is 4.69. The van der Waals surface area contributed by atoms with Crippen molar-refractivity contribution >= 4 is 19.7 Å². The van der Waals surface area contributed by atoms with Crippen LogP contribution >= 0.6 is 10.7 Å². The molecule has 0 spiro atoms. The van der Waals surface area contributed by atoms with Crippen molar-refractivity contribution in [1.29, 1.82) is 0 Å². The average Bonchev–Trinajstić information content (AvgIpc) is 2.22. The molecule has 0 amide bonds. The first-order valence-corrected chi connectivity index (χ1v) is 8.22. The van der Waals surface area contributed by atoms with Crippen molar-refractivity contribution in [2.45, 2.75) is 38.0 Å². The van der Waals surface area contributed by atoms with Gasteiger partial charge in [0.1, 0.15) is 12.4 Å². The molecule has 0 unspecified atom stereocenters. The summed E-state index contributed by atoms with van der Waals surface area (Å²) in [5.41, 5.74) is 1.13. The normalized spacial score (nSPS) is 12.3. The summed E-state index contributed by atoms with van der Waals surface area (Å²) in [4.78, 5) is 0.130. The zero-order valence-electron chi connectivity index (χ0n) is 11.7. The van der Waals surface area contributed by atoms with Gasteiger partial charge in [-0.1, -0.05) is 33.4 Å². The van der Waals surface area contributed by atoms with Crippen molar-refractivity contribution < 1.29 is 13.2 Å². The molecule has 19 heavy (non-hydrogen) atoms. The minimum Gasteiger partial charge on any atom is -0.489 e. The van der Waals surface area contributed by atoms with Gasteiger partial charge in [0.05, 0.1) is 4.90 Å². The molecule has 0 heterocycles. The molecule has 1 aromatic carbocycles. The Morgan fingerprint density at radius 2 is 1.95 bits per heavy atom. The van der Waals surface area contributed by atoms with E-state index >= 15 is 0 Å². The van der Waals surface area contributed by atoms with E-state index in [1.54, 1.807) is 25.1 Å². The van der Waals surface area contributed by atoms with Gasteiger partial charge in [0.25, 0.3) is 9.05 Å². The summed E-state index contributed by atoms with van der Waals surface area (Å²) in [5.74, 6) is 0.661. The van der Waals surface area contributed by atoms with E-state index in [0.29, 0.717) is 17.9 Å². The first-order chi connectivity index (χ1) is 8.57. The maximum atomic E-state index is 11.6. The second-order valence-corrected chi connectivity index (χ2v) is 7.94. The molecular weight excluding hydrogens is 284 g/mol. The third-order valence-corrected chi connectivity index (χ3v) is 4.17. The summed E-state index contributed by atoms with van der Waals surface area (Å²) in [7, 11) is 1.70. The van der Waals surface area contributed by atoms with E-state index in [1.807, 2.05) is 20.8 Å². The topological polar surface area (TPSA) is 43.4 Å². The van der Waals surface area contributed by atoms with Crippen LogP contribution in [0, 0.1) is 6.92 Å². The van der Waals surface area contributed by atoms with E-state index in [0.717, 1.165) is 5.56 Å². The Bertz CT molecular complexity index is 583. The number of ether oxygens (including phenoxy) is 1. The van der Waals surface area contributed by atoms with Crippen LogP contribution in [-0.2, 0) is 14.5 Å². The minimum absolute atomic E-state index is 0.130. The predicted octanol–water partition coefficient (Wildman–Crippen LogP) is 3.78. The summed E-state index contributed by atoms with van der Waals surface area (Å²) in [6.07, 6.45) is 1.65. The molecule has 3 nitrogen and oxygen atoms in total. The standard InChI is InChI=1S/C14H19ClO3S/c1-6-7-18-12-8-10(2)13(19(15,16)17)9-11(12)14(3,4)5/h6,8-9H,1,7H2,2-5H3. The second-order valence-electron chi connectivity index (χ2n) is 5.40. The summed E-state index contributed by atoms with van der Waals surface area (Å²) >= 11 is 0. The van der Waals surface area contributed by atoms with Gasteiger partial charge >= 0.3 is 0 Å². The molecule has 0 bridgehead atoms. The molecule has 0 N–H and O–H groups in total. The highest BCUT2D eigenvalue weighted by Gasteiger charge is 2.24. The maximum Gasteiger partial charge on any atom is 0.261 e. The van der Waals surface area contributed by atoms with Gasteiger partial charge in [-0.3, -0.25) is 0 Å². The first kappa shape index (κ1) is 16.1. The van der Waals surface area contributed by atoms with E-state index in [2.05, 4.69) is 6.58 Å². The Balaban J connectivity index is 3.50. The molecule has 0 aliphatic heterocycles. The summed E-state index contributed by atoms with van der Waals surface area (Å²) in [5, 5.41) is 0. The largest absolute Gasteiger partial charge is 0.489 e. The van der Waals surface area contributed by atoms with Crippen molar-refractivity contribution in [3.05, 3.63) is 35.9 Å². The molecule has 0 aliphatic carbocycles. The van der Waals surface area contributed by atoms with Gasteiger partial charge in [0.2, 0.25) is 0 Å². The van der Waals surface area contributed by atoms with E-state index in [4.69, 9.17) is 15.4 Å². The highest BCUT2D eigenvalue weighted by molar-refractivity contribution is 8.13. The van der Waals surface area contributed by atoms with E-state index < -0.39 is 9.05 Å². The SMILES string of the molecule is C=CCOc1cc(C)c(S(=O)(=O)Cl)cc1C(C)(C)C. The zero-order chi connectivity index (χ0) is 14.8. The summed E-state index contributed by atoms with van der Waals surface area (Å²) in [6.45, 7) is 11.6. The van der Waals surface area contributed by atoms with Crippen molar-refractivity contribution in [1.82, 2.24) is 0 Å². The van der Waals surface area contributed by atoms with E-state index in [-0.39, 0.29) is 10.3 Å². The molecule has 0 radical (unpaired) electrons. The van der Waals surface area contributed by atoms with Gasteiger partial charge in [-0.25, -0.2) is 8.42 Å². The Hall–Kier alpha value is -1.00. The van der Waals surface area contributed by atoms with E-state index in [1.165, 1.54) is 0 Å². The minimum atomic E-state index is -3.76. The van der Waals surface area contributed by atoms with Crippen molar-refractivity contribution in [2.24, 2.45) is 0 Å². The molecule has 1 aromatic rings. The monoisotopic (exact) mass is 302 g/mol. The molecule has 0 saturated carbocycles. The molecule has 1 rings (SSSR count). The molecule has 106 valence electrons. The number of hydrogen-bond donors (Lipinski definition) is 0. The van der Waals surface area contributed by atoms with Crippen LogP contribution in [-0.4, -0.2) is 15.0 Å². The third-order valence-electron chi connectivity index (χ3n) is 2.70. The highest BCUT2D eigenvalue weighted by atomic mass is 35.7. The molecule has 0 atom stereocenters. The zero-order valence-corrected chi connectivity index (χ0v) is 13.2. The van der Waals surface area contributed by atoms with Crippen LogP contribution in [0.1, 0.15) is 31.9 Å². The Morgan fingerprint density at radius 1 is 1.37 bits per heavy atom. The van der Waals surface area contributed by atoms with Gasteiger partial charge in [0, 0.05) is 16.2 Å². The third kappa shape index (κ3) is 3.98. The van der Waals surface area contributed by atoms with Gasteiger partial charge < -0.3 is 4.74 Å². The highest BCUT2D eigenvalue weighted by Crippen LogP contribution is 2.36. The average molecular weight is 303 g/mol. The lowest BCUT2D eigenvalue weighted by atomic mass is 9.86. The van der Waals surface area contributed by atoms with Crippen LogP contribution in [0.15, 0.2) is 29.7 Å². The molecule has 0 fully saturated rings. The lowest BCUT2D eigenvalue weighted by molar-refractivity contribution is 0.350. The predicted molar refractivity (Wildman–Crippen MR) is 78.6 cm³/mol. The van der Waals surface area contributed by atoms with Crippen molar-refractivity contribution in [2.75, 3.05) is 6.61 Å². The van der Waals surface area contributed by atoms with Crippen LogP contribution in [0.4, 0.5) is 0 Å². The molecular formula is C14H19ClO3S. The Labute approximate surface area is 119 Å². The summed E-state index contributed by atoms with van der Waals surface area (Å²) in [6, 6.07) is 3.30. The van der Waals surface area contributed by atoms with Crippen LogP contribution in [0.3, 0.4) is 0 Å². The Morgan fingerprint density at radius 3 is 2.37 bits per heavy atom. The number of hydrogen-bond acceptors (Lipinski definition) is 3. The number of aryl methyl sites for hydroxylation is 1. The maximum absolute atomic E-state index is 11.6. The fourth-order valence-electron chi connectivity index (χ4n) is 1.78. The van der Waals surface area contributed by atoms with Crippen molar-refractivity contribution in [3.63, 3.8) is 0 Å². The number of halogens is 1. The van der Waals surface area contributed by atoms with E-state index in [9.17, 15) is 8.42 Å². The van der Waals surface area contributed by atoms with Crippen LogP contribution < -0.4 is 4.74 Å². The molecule has 0 aromatic heterocycles. The first-order valence-electron chi connectivity index (χ1n) is 5.91. The van der Waals surface area contributed by atoms with Gasteiger partial charge in [-0.15, -0.1) is 0 Å². The van der Waals surface area contributed by atoms with Crippen molar-refractivity contribution in [3.8, 4) is 5.75 Å². The van der Waals surface area contributed by atoms with Gasteiger partial charge in [-0.05, 0) is 30.0 Å². The lowest BCUT2D eigenvalue weighted by Crippen LogP contribution is -2.15. The lowest BCUT2D eigenvalue weighted by Gasteiger charge is -2.24. The fraction of sp³-hybridized carbons (Fsp3) is 0.429. The number of benzene rings is 1. The van der Waals surface area contributed by atoms with Gasteiger partial charge in [-0.2, -0.15) is 0 Å². The molecule has 0 saturated heterocycles. The van der Waals surface area contributed by atoms with Crippen LogP contribution in [0.5, 0.6) is 5.75 Å². The second kappa shape index (κ2) is 5.55. The number of rotatable bonds is 4. The van der Waals surface area contributed by atoms with Crippen LogP contribution in [0.25, 0.3) is 0 Å². The quantitative estimate of drug-likeness (QED) is 0.628. The fourth-order valence-corrected chi connectivity index (χ4v) is 2.98. The smallest absolute Gasteiger partial charge is 0.261 e. The molecule has 0 aliphatic rings. The molecule has 5 heteroatoms. The summed E-state index contributed by atoms with van der Waals surface area (Å²) < 4.78 is 28.7.